The number of hydrogen-bond donors (Lipinski definition) is 0. The molecule has 2 aromatic carbocycles. The minimum atomic E-state index is -1.38. The number of carbonyl (C=O) groups is 2. The molecule has 116 valence electrons. The molecule has 0 bridgehead atoms. The maximum absolute atomic E-state index is 12.5. The molecule has 0 aliphatic heterocycles. The first-order valence-corrected chi connectivity index (χ1v) is 7.33. The number of ether oxygens (including phenoxy) is 1. The highest BCUT2D eigenvalue weighted by molar-refractivity contribution is 6.09. The Bertz CT molecular complexity index is 762. The van der Waals surface area contributed by atoms with Crippen molar-refractivity contribution in [2.24, 2.45) is 0 Å². The highest BCUT2D eigenvalue weighted by Gasteiger charge is 2.34. The van der Waals surface area contributed by atoms with Crippen LogP contribution in [0, 0.1) is 11.3 Å². The van der Waals surface area contributed by atoms with Gasteiger partial charge in [0.1, 0.15) is 6.07 Å². The van der Waals surface area contributed by atoms with Gasteiger partial charge in [0.15, 0.2) is 5.78 Å². The van der Waals surface area contributed by atoms with Gasteiger partial charge in [-0.2, -0.15) is 5.26 Å². The fourth-order valence-electron chi connectivity index (χ4n) is 2.41. The standard InChI is InChI=1S/C19H17NO3/c1-3-19(13-20,23-14(2)21)17-11-7-10-16(12-17)18(22)15-8-5-4-6-9-15/h4-12H,3H2,1-2H3. The van der Waals surface area contributed by atoms with Gasteiger partial charge in [0.25, 0.3) is 0 Å². The van der Waals surface area contributed by atoms with Crippen LogP contribution in [0.2, 0.25) is 0 Å². The summed E-state index contributed by atoms with van der Waals surface area (Å²) in [5.41, 5.74) is 0.142. The molecular weight excluding hydrogens is 290 g/mol. The number of esters is 1. The van der Waals surface area contributed by atoms with Crippen LogP contribution in [0.25, 0.3) is 0 Å². The van der Waals surface area contributed by atoms with Crippen molar-refractivity contribution >= 4 is 11.8 Å². The zero-order valence-corrected chi connectivity index (χ0v) is 13.1. The predicted octanol–water partition coefficient (Wildman–Crippen LogP) is 3.61. The molecule has 0 heterocycles. The molecule has 0 aromatic heterocycles. The fourth-order valence-corrected chi connectivity index (χ4v) is 2.41. The number of ketones is 1. The van der Waals surface area contributed by atoms with E-state index in [2.05, 4.69) is 6.07 Å². The van der Waals surface area contributed by atoms with Crippen molar-refractivity contribution < 1.29 is 14.3 Å². The molecule has 23 heavy (non-hydrogen) atoms. The summed E-state index contributed by atoms with van der Waals surface area (Å²) in [5, 5.41) is 9.51. The van der Waals surface area contributed by atoms with E-state index in [1.54, 1.807) is 55.5 Å². The molecule has 2 rings (SSSR count). The predicted molar refractivity (Wildman–Crippen MR) is 85.7 cm³/mol. The Morgan fingerprint density at radius 2 is 1.74 bits per heavy atom. The topological polar surface area (TPSA) is 67.2 Å². The third kappa shape index (κ3) is 3.46. The normalized spacial score (nSPS) is 12.7. The lowest BCUT2D eigenvalue weighted by Crippen LogP contribution is -2.29. The number of nitriles is 1. The van der Waals surface area contributed by atoms with Crippen LogP contribution in [-0.2, 0) is 15.1 Å². The third-order valence-corrected chi connectivity index (χ3v) is 3.62. The first-order chi connectivity index (χ1) is 11.0. The second-order valence-electron chi connectivity index (χ2n) is 5.16. The second kappa shape index (κ2) is 6.89. The van der Waals surface area contributed by atoms with E-state index in [9.17, 15) is 14.9 Å². The van der Waals surface area contributed by atoms with Crippen LogP contribution in [0.15, 0.2) is 54.6 Å². The van der Waals surface area contributed by atoms with Crippen molar-refractivity contribution in [3.05, 3.63) is 71.3 Å². The van der Waals surface area contributed by atoms with Crippen molar-refractivity contribution in [2.75, 3.05) is 0 Å². The van der Waals surface area contributed by atoms with Crippen molar-refractivity contribution in [1.82, 2.24) is 0 Å². The van der Waals surface area contributed by atoms with Crippen LogP contribution in [0.4, 0.5) is 0 Å². The van der Waals surface area contributed by atoms with Gasteiger partial charge in [-0.3, -0.25) is 9.59 Å². The molecular formula is C19H17NO3. The largest absolute Gasteiger partial charge is 0.439 e. The summed E-state index contributed by atoms with van der Waals surface area (Å²) < 4.78 is 5.25. The summed E-state index contributed by atoms with van der Waals surface area (Å²) >= 11 is 0. The quantitative estimate of drug-likeness (QED) is 0.625. The summed E-state index contributed by atoms with van der Waals surface area (Å²) in [4.78, 5) is 23.9. The Morgan fingerprint density at radius 3 is 2.30 bits per heavy atom. The Hall–Kier alpha value is -2.93. The summed E-state index contributed by atoms with van der Waals surface area (Å²) in [5.74, 6) is -0.675. The van der Waals surface area contributed by atoms with Gasteiger partial charge in [-0.15, -0.1) is 0 Å². The molecule has 0 fully saturated rings. The van der Waals surface area contributed by atoms with E-state index in [4.69, 9.17) is 4.74 Å². The Labute approximate surface area is 135 Å². The molecule has 0 spiro atoms. The molecule has 0 amide bonds. The zero-order chi connectivity index (χ0) is 16.9. The number of nitrogens with zero attached hydrogens (tertiary/aromatic N) is 1. The van der Waals surface area contributed by atoms with Crippen molar-refractivity contribution in [1.29, 1.82) is 5.26 Å². The van der Waals surface area contributed by atoms with Gasteiger partial charge >= 0.3 is 5.97 Å². The van der Waals surface area contributed by atoms with Gasteiger partial charge in [0.05, 0.1) is 0 Å². The molecule has 1 unspecified atom stereocenters. The Morgan fingerprint density at radius 1 is 1.09 bits per heavy atom. The first kappa shape index (κ1) is 16.4. The molecule has 0 saturated carbocycles. The van der Waals surface area contributed by atoms with Gasteiger partial charge in [0, 0.05) is 30.0 Å². The summed E-state index contributed by atoms with van der Waals surface area (Å²) in [6.07, 6.45) is 0.298. The Kier molecular flexibility index (Phi) is 4.92. The van der Waals surface area contributed by atoms with Crippen LogP contribution in [-0.4, -0.2) is 11.8 Å². The molecule has 0 saturated heterocycles. The summed E-state index contributed by atoms with van der Waals surface area (Å²) in [7, 11) is 0. The molecule has 4 heteroatoms. The van der Waals surface area contributed by atoms with Gasteiger partial charge in [-0.25, -0.2) is 0 Å². The van der Waals surface area contributed by atoms with Crippen molar-refractivity contribution in [3.63, 3.8) is 0 Å². The van der Waals surface area contributed by atoms with E-state index in [1.165, 1.54) is 6.92 Å². The first-order valence-electron chi connectivity index (χ1n) is 7.33. The van der Waals surface area contributed by atoms with Gasteiger partial charge in [-0.1, -0.05) is 55.5 Å². The van der Waals surface area contributed by atoms with E-state index in [-0.39, 0.29) is 5.78 Å². The van der Waals surface area contributed by atoms with Crippen LogP contribution in [0.3, 0.4) is 0 Å². The fraction of sp³-hybridized carbons (Fsp3) is 0.211. The lowest BCUT2D eigenvalue weighted by molar-refractivity contribution is -0.152. The van der Waals surface area contributed by atoms with Gasteiger partial charge in [0.2, 0.25) is 5.60 Å². The van der Waals surface area contributed by atoms with Crippen LogP contribution in [0.5, 0.6) is 0 Å². The maximum atomic E-state index is 12.5. The monoisotopic (exact) mass is 307 g/mol. The van der Waals surface area contributed by atoms with Crippen molar-refractivity contribution in [2.45, 2.75) is 25.9 Å². The molecule has 0 aliphatic rings. The molecule has 1 atom stereocenters. The SMILES string of the molecule is CCC(C#N)(OC(C)=O)c1cccc(C(=O)c2ccccc2)c1. The molecule has 0 aliphatic carbocycles. The minimum absolute atomic E-state index is 0.141. The third-order valence-electron chi connectivity index (χ3n) is 3.62. The van der Waals surface area contributed by atoms with E-state index in [0.717, 1.165) is 0 Å². The molecule has 0 radical (unpaired) electrons. The summed E-state index contributed by atoms with van der Waals surface area (Å²) in [6, 6.07) is 17.6. The highest BCUT2D eigenvalue weighted by atomic mass is 16.6. The maximum Gasteiger partial charge on any atom is 0.304 e. The lowest BCUT2D eigenvalue weighted by atomic mass is 9.89. The van der Waals surface area contributed by atoms with Crippen molar-refractivity contribution in [3.8, 4) is 6.07 Å². The average molecular weight is 307 g/mol. The van der Waals surface area contributed by atoms with Gasteiger partial charge < -0.3 is 4.74 Å². The van der Waals surface area contributed by atoms with Crippen LogP contribution in [0.1, 0.15) is 41.8 Å². The smallest absolute Gasteiger partial charge is 0.304 e. The molecule has 2 aromatic rings. The van der Waals surface area contributed by atoms with E-state index >= 15 is 0 Å². The number of rotatable bonds is 5. The lowest BCUT2D eigenvalue weighted by Gasteiger charge is -2.25. The molecule has 4 nitrogen and oxygen atoms in total. The summed E-state index contributed by atoms with van der Waals surface area (Å²) in [6.45, 7) is 3.03. The van der Waals surface area contributed by atoms with E-state index < -0.39 is 11.6 Å². The molecule has 0 N–H and O–H groups in total. The van der Waals surface area contributed by atoms with Gasteiger partial charge in [-0.05, 0) is 6.07 Å². The Balaban J connectivity index is 2.45. The zero-order valence-electron chi connectivity index (χ0n) is 13.1. The second-order valence-corrected chi connectivity index (χ2v) is 5.16. The number of hydrogen-bond acceptors (Lipinski definition) is 4. The van der Waals surface area contributed by atoms with E-state index in [1.807, 2.05) is 6.07 Å². The highest BCUT2D eigenvalue weighted by Crippen LogP contribution is 2.30. The number of benzene rings is 2. The minimum Gasteiger partial charge on any atom is -0.439 e. The average Bonchev–Trinajstić information content (AvgIpc) is 2.59. The van der Waals surface area contributed by atoms with Crippen LogP contribution >= 0.6 is 0 Å². The van der Waals surface area contributed by atoms with Crippen LogP contribution < -0.4 is 0 Å². The number of carbonyl (C=O) groups excluding carboxylic acids is 2. The van der Waals surface area contributed by atoms with E-state index in [0.29, 0.717) is 23.1 Å².